The average Bonchev–Trinajstić information content (AvgIpc) is 2.55. The van der Waals surface area contributed by atoms with Gasteiger partial charge in [-0.2, -0.15) is 0 Å². The van der Waals surface area contributed by atoms with E-state index in [1.165, 1.54) is 0 Å². The molecule has 0 bridgehead atoms. The number of ether oxygens (including phenoxy) is 2. The Morgan fingerprint density at radius 1 is 1.43 bits per heavy atom. The van der Waals surface area contributed by atoms with E-state index >= 15 is 0 Å². The quantitative estimate of drug-likeness (QED) is 0.199. The van der Waals surface area contributed by atoms with E-state index in [0.29, 0.717) is 18.6 Å². The molecule has 0 aliphatic heterocycles. The Balaban J connectivity index is 2.20. The molecule has 2 rings (SSSR count). The first-order chi connectivity index (χ1) is 10.1. The van der Waals surface area contributed by atoms with Gasteiger partial charge in [-0.25, -0.2) is 0 Å². The number of halogens is 1. The summed E-state index contributed by atoms with van der Waals surface area (Å²) < 4.78 is 12.4. The van der Waals surface area contributed by atoms with Crippen LogP contribution in [-0.4, -0.2) is 23.9 Å². The minimum Gasteiger partial charge on any atom is -0.409 e. The first-order valence-electron chi connectivity index (χ1n) is 6.40. The number of hydrogen-bond acceptors (Lipinski definition) is 4. The monoisotopic (exact) mass is 400 g/mol. The number of methoxy groups -OCH3 is 1. The molecule has 1 aromatic rings. The van der Waals surface area contributed by atoms with Crippen LogP contribution >= 0.6 is 22.6 Å². The van der Waals surface area contributed by atoms with Crippen LogP contribution in [0.3, 0.4) is 0 Å². The summed E-state index contributed by atoms with van der Waals surface area (Å²) in [5, 5.41) is 11.9. The van der Waals surface area contributed by atoms with Gasteiger partial charge in [-0.1, -0.05) is 41.6 Å². The van der Waals surface area contributed by atoms with Crippen LogP contribution in [0.5, 0.6) is 0 Å². The lowest BCUT2D eigenvalue weighted by Gasteiger charge is -2.32. The molecule has 3 N–H and O–H groups in total. The van der Waals surface area contributed by atoms with Gasteiger partial charge in [-0.3, -0.25) is 0 Å². The molecule has 1 aromatic carbocycles. The smallest absolute Gasteiger partial charge is 0.192 e. The van der Waals surface area contributed by atoms with Crippen LogP contribution in [0.2, 0.25) is 0 Å². The molecule has 0 saturated heterocycles. The van der Waals surface area contributed by atoms with E-state index in [9.17, 15) is 0 Å². The highest BCUT2D eigenvalue weighted by molar-refractivity contribution is 14.1. The standard InChI is InChI=1S/C15H17IN2O3/c1-20-15(21-10-11-5-3-2-4-6-11)8-7-13(16)12(9-15)14(17)18-19/h2-7,9,19H,8,10H2,1H3,(H2,17,18). The number of nitrogens with two attached hydrogens (primary N) is 1. The molecular formula is C15H17IN2O3. The Labute approximate surface area is 137 Å². The number of oxime groups is 1. The Kier molecular flexibility index (Phi) is 5.38. The van der Waals surface area contributed by atoms with Crippen molar-refractivity contribution in [2.24, 2.45) is 10.9 Å². The minimum absolute atomic E-state index is 0.0417. The summed E-state index contributed by atoms with van der Waals surface area (Å²) in [7, 11) is 1.58. The highest BCUT2D eigenvalue weighted by Gasteiger charge is 2.32. The van der Waals surface area contributed by atoms with Gasteiger partial charge in [0.25, 0.3) is 0 Å². The first-order valence-corrected chi connectivity index (χ1v) is 7.48. The fraction of sp³-hybridized carbons (Fsp3) is 0.267. The van der Waals surface area contributed by atoms with Gasteiger partial charge >= 0.3 is 0 Å². The Bertz CT molecular complexity index is 578. The Morgan fingerprint density at radius 2 is 2.14 bits per heavy atom. The van der Waals surface area contributed by atoms with Crippen LogP contribution < -0.4 is 5.73 Å². The summed E-state index contributed by atoms with van der Waals surface area (Å²) in [6.45, 7) is 0.416. The molecule has 1 unspecified atom stereocenters. The van der Waals surface area contributed by atoms with E-state index in [2.05, 4.69) is 27.7 Å². The van der Waals surface area contributed by atoms with Crippen molar-refractivity contribution < 1.29 is 14.7 Å². The van der Waals surface area contributed by atoms with Crippen molar-refractivity contribution in [3.05, 3.63) is 57.2 Å². The van der Waals surface area contributed by atoms with Crippen molar-refractivity contribution in [2.45, 2.75) is 18.8 Å². The molecule has 6 heteroatoms. The van der Waals surface area contributed by atoms with Gasteiger partial charge in [0, 0.05) is 22.7 Å². The minimum atomic E-state index is -0.908. The molecule has 21 heavy (non-hydrogen) atoms. The van der Waals surface area contributed by atoms with Crippen molar-refractivity contribution in [2.75, 3.05) is 7.11 Å². The van der Waals surface area contributed by atoms with E-state index in [0.717, 1.165) is 9.14 Å². The molecule has 1 aliphatic carbocycles. The van der Waals surface area contributed by atoms with Crippen LogP contribution in [0.4, 0.5) is 0 Å². The lowest BCUT2D eigenvalue weighted by atomic mass is 10.0. The van der Waals surface area contributed by atoms with Gasteiger partial charge in [0.2, 0.25) is 0 Å². The van der Waals surface area contributed by atoms with Crippen molar-refractivity contribution in [3.8, 4) is 0 Å². The van der Waals surface area contributed by atoms with Crippen LogP contribution in [0.15, 0.2) is 56.8 Å². The summed E-state index contributed by atoms with van der Waals surface area (Å²) in [5.41, 5.74) is 7.36. The highest BCUT2D eigenvalue weighted by atomic mass is 127. The molecule has 5 nitrogen and oxygen atoms in total. The molecule has 0 aromatic heterocycles. The SMILES string of the molecule is COC1(OCc2ccccc2)C=C(/C(N)=N/O)C(I)=CC1. The molecule has 1 atom stereocenters. The van der Waals surface area contributed by atoms with Gasteiger partial charge in [0.15, 0.2) is 11.6 Å². The van der Waals surface area contributed by atoms with Crippen molar-refractivity contribution in [3.63, 3.8) is 0 Å². The Morgan fingerprint density at radius 3 is 2.76 bits per heavy atom. The van der Waals surface area contributed by atoms with E-state index in [1.807, 2.05) is 36.4 Å². The third-order valence-corrected chi connectivity index (χ3v) is 4.26. The van der Waals surface area contributed by atoms with E-state index in [-0.39, 0.29) is 5.84 Å². The molecule has 0 saturated carbocycles. The summed E-state index contributed by atoms with van der Waals surface area (Å²) in [6, 6.07) is 9.84. The van der Waals surface area contributed by atoms with E-state index in [1.54, 1.807) is 13.2 Å². The zero-order valence-electron chi connectivity index (χ0n) is 11.6. The van der Waals surface area contributed by atoms with Gasteiger partial charge < -0.3 is 20.4 Å². The molecule has 112 valence electrons. The second kappa shape index (κ2) is 7.06. The lowest BCUT2D eigenvalue weighted by molar-refractivity contribution is -0.193. The summed E-state index contributed by atoms with van der Waals surface area (Å²) in [4.78, 5) is 0. The second-order valence-electron chi connectivity index (χ2n) is 4.59. The molecule has 0 spiro atoms. The van der Waals surface area contributed by atoms with E-state index < -0.39 is 5.79 Å². The normalized spacial score (nSPS) is 22.7. The molecule has 0 amide bonds. The molecule has 0 heterocycles. The number of nitrogens with zero attached hydrogens (tertiary/aromatic N) is 1. The third kappa shape index (κ3) is 3.84. The maximum absolute atomic E-state index is 8.87. The zero-order valence-corrected chi connectivity index (χ0v) is 13.8. The number of amidine groups is 1. The summed E-state index contributed by atoms with van der Waals surface area (Å²) >= 11 is 2.14. The molecular weight excluding hydrogens is 383 g/mol. The van der Waals surface area contributed by atoms with Crippen LogP contribution in [0.25, 0.3) is 0 Å². The average molecular weight is 400 g/mol. The van der Waals surface area contributed by atoms with Crippen molar-refractivity contribution in [1.29, 1.82) is 0 Å². The van der Waals surface area contributed by atoms with Crippen LogP contribution in [-0.2, 0) is 16.1 Å². The van der Waals surface area contributed by atoms with Crippen molar-refractivity contribution >= 4 is 28.4 Å². The van der Waals surface area contributed by atoms with Gasteiger partial charge in [-0.05, 0) is 34.2 Å². The predicted molar refractivity (Wildman–Crippen MR) is 89.2 cm³/mol. The van der Waals surface area contributed by atoms with Crippen LogP contribution in [0, 0.1) is 0 Å². The third-order valence-electron chi connectivity index (χ3n) is 3.24. The largest absolute Gasteiger partial charge is 0.409 e. The fourth-order valence-electron chi connectivity index (χ4n) is 2.02. The van der Waals surface area contributed by atoms with Gasteiger partial charge in [0.1, 0.15) is 0 Å². The Hall–Kier alpha value is -1.38. The maximum atomic E-state index is 8.87. The summed E-state index contributed by atoms with van der Waals surface area (Å²) in [5.74, 6) is -0.866. The number of rotatable bonds is 5. The second-order valence-corrected chi connectivity index (χ2v) is 5.75. The molecule has 0 radical (unpaired) electrons. The maximum Gasteiger partial charge on any atom is 0.192 e. The molecule has 0 fully saturated rings. The van der Waals surface area contributed by atoms with Crippen LogP contribution in [0.1, 0.15) is 12.0 Å². The highest BCUT2D eigenvalue weighted by Crippen LogP contribution is 2.33. The number of benzene rings is 1. The van der Waals surface area contributed by atoms with Gasteiger partial charge in [0.05, 0.1) is 6.61 Å². The topological polar surface area (TPSA) is 77.1 Å². The molecule has 1 aliphatic rings. The van der Waals surface area contributed by atoms with Gasteiger partial charge in [-0.15, -0.1) is 0 Å². The summed E-state index contributed by atoms with van der Waals surface area (Å²) in [6.07, 6.45) is 4.27. The zero-order chi connectivity index (χ0) is 15.3. The predicted octanol–water partition coefficient (Wildman–Crippen LogP) is 2.94. The fourth-order valence-corrected chi connectivity index (χ4v) is 2.67. The lowest BCUT2D eigenvalue weighted by Crippen LogP contribution is -2.35. The first kappa shape index (κ1) is 16.0. The van der Waals surface area contributed by atoms with E-state index in [4.69, 9.17) is 20.4 Å². The number of hydrogen-bond donors (Lipinski definition) is 2. The van der Waals surface area contributed by atoms with Crippen molar-refractivity contribution in [1.82, 2.24) is 0 Å².